The molecule has 0 aliphatic rings. The third-order valence-corrected chi connectivity index (χ3v) is 7.75. The van der Waals surface area contributed by atoms with Crippen molar-refractivity contribution in [2.24, 2.45) is 5.92 Å². The van der Waals surface area contributed by atoms with Gasteiger partial charge in [-0.15, -0.1) is 0 Å². The van der Waals surface area contributed by atoms with Gasteiger partial charge in [-0.3, -0.25) is 18.7 Å². The van der Waals surface area contributed by atoms with Crippen molar-refractivity contribution in [1.82, 2.24) is 0 Å². The summed E-state index contributed by atoms with van der Waals surface area (Å²) in [7, 11) is -10.6. The number of ketones is 2. The van der Waals surface area contributed by atoms with Crippen LogP contribution in [-0.2, 0) is 9.13 Å². The zero-order valence-electron chi connectivity index (χ0n) is 14.0. The van der Waals surface area contributed by atoms with Crippen molar-refractivity contribution in [3.63, 3.8) is 0 Å². The van der Waals surface area contributed by atoms with E-state index in [1.807, 2.05) is 0 Å². The maximum absolute atomic E-state index is 12.8. The van der Waals surface area contributed by atoms with Crippen molar-refractivity contribution in [2.75, 3.05) is 0 Å². The molecule has 0 unspecified atom stereocenters. The van der Waals surface area contributed by atoms with Crippen molar-refractivity contribution in [2.45, 2.75) is 11.8 Å². The Morgan fingerprint density at radius 3 is 1.33 bits per heavy atom. The van der Waals surface area contributed by atoms with Crippen LogP contribution in [-0.4, -0.2) is 36.5 Å². The van der Waals surface area contributed by atoms with E-state index in [4.69, 9.17) is 0 Å². The Bertz CT molecular complexity index is 828. The van der Waals surface area contributed by atoms with E-state index < -0.39 is 44.5 Å². The van der Waals surface area contributed by atoms with Gasteiger partial charge in [0.25, 0.3) is 0 Å². The monoisotopic (exact) mass is 412 g/mol. The minimum absolute atomic E-state index is 0.0990. The van der Waals surface area contributed by atoms with E-state index in [1.165, 1.54) is 24.3 Å². The average molecular weight is 412 g/mol. The predicted octanol–water partition coefficient (Wildman–Crippen LogP) is 2.44. The van der Waals surface area contributed by atoms with Crippen molar-refractivity contribution in [3.8, 4) is 0 Å². The first-order valence-corrected chi connectivity index (χ1v) is 11.2. The van der Waals surface area contributed by atoms with Gasteiger partial charge in [0.2, 0.25) is 0 Å². The number of rotatable bonds is 8. The fourth-order valence-electron chi connectivity index (χ4n) is 2.62. The molecule has 10 heteroatoms. The molecule has 0 heterocycles. The Labute approximate surface area is 155 Å². The standard InChI is InChI=1S/C17H18O8P2/c18-16(12-7-3-1-4-8-12)14(17(19)13-9-5-2-6-10-13)11-15(26(20,21)22)27(23,24)25/h1-10,14-15H,11H2,(H2,20,21,22)(H2,23,24,25). The van der Waals surface area contributed by atoms with Crippen LogP contribution in [0.2, 0.25) is 0 Å². The van der Waals surface area contributed by atoms with E-state index in [2.05, 4.69) is 0 Å². The molecule has 27 heavy (non-hydrogen) atoms. The molecule has 144 valence electrons. The highest BCUT2D eigenvalue weighted by Crippen LogP contribution is 2.62. The van der Waals surface area contributed by atoms with Crippen molar-refractivity contribution >= 4 is 26.8 Å². The quantitative estimate of drug-likeness (QED) is 0.293. The Balaban J connectivity index is 2.49. The van der Waals surface area contributed by atoms with Gasteiger partial charge in [-0.25, -0.2) is 0 Å². The SMILES string of the molecule is O=C(c1ccccc1)C(CC(P(=O)(O)O)P(=O)(O)O)C(=O)c1ccccc1. The summed E-state index contributed by atoms with van der Waals surface area (Å²) in [4.78, 5) is 63.1. The number of hydrogen-bond donors (Lipinski definition) is 4. The minimum atomic E-state index is -5.28. The van der Waals surface area contributed by atoms with Crippen LogP contribution in [0.15, 0.2) is 60.7 Å². The summed E-state index contributed by atoms with van der Waals surface area (Å²) >= 11 is 0. The van der Waals surface area contributed by atoms with Gasteiger partial charge in [-0.2, -0.15) is 0 Å². The van der Waals surface area contributed by atoms with Gasteiger partial charge < -0.3 is 19.6 Å². The van der Waals surface area contributed by atoms with Gasteiger partial charge in [-0.1, -0.05) is 60.7 Å². The molecule has 2 aromatic rings. The zero-order chi connectivity index (χ0) is 20.2. The molecule has 0 bridgehead atoms. The van der Waals surface area contributed by atoms with Gasteiger partial charge in [0.15, 0.2) is 17.0 Å². The van der Waals surface area contributed by atoms with Crippen molar-refractivity contribution in [1.29, 1.82) is 0 Å². The van der Waals surface area contributed by atoms with Crippen LogP contribution in [0.4, 0.5) is 0 Å². The van der Waals surface area contributed by atoms with Crippen LogP contribution in [0.25, 0.3) is 0 Å². The molecule has 0 aromatic heterocycles. The van der Waals surface area contributed by atoms with Crippen LogP contribution >= 0.6 is 15.2 Å². The van der Waals surface area contributed by atoms with Gasteiger partial charge in [0.1, 0.15) is 0 Å². The molecular weight excluding hydrogens is 394 g/mol. The summed E-state index contributed by atoms with van der Waals surface area (Å²) in [5.74, 6) is -3.19. The van der Waals surface area contributed by atoms with Crippen LogP contribution in [0.3, 0.4) is 0 Å². The summed E-state index contributed by atoms with van der Waals surface area (Å²) < 4.78 is 23.2. The first kappa shape index (κ1) is 21.4. The smallest absolute Gasteiger partial charge is 0.324 e. The Hall–Kier alpha value is -1.92. The largest absolute Gasteiger partial charge is 0.340 e. The lowest BCUT2D eigenvalue weighted by molar-refractivity contribution is 0.0801. The maximum Gasteiger partial charge on any atom is 0.340 e. The molecular formula is C17H18O8P2. The minimum Gasteiger partial charge on any atom is -0.324 e. The third kappa shape index (κ3) is 5.53. The second-order valence-corrected chi connectivity index (χ2v) is 9.92. The third-order valence-electron chi connectivity index (χ3n) is 3.97. The molecule has 0 aliphatic heterocycles. The second kappa shape index (κ2) is 8.40. The van der Waals surface area contributed by atoms with Crippen molar-refractivity contribution in [3.05, 3.63) is 71.8 Å². The molecule has 8 nitrogen and oxygen atoms in total. The zero-order valence-corrected chi connectivity index (χ0v) is 15.7. The molecule has 0 saturated heterocycles. The second-order valence-electron chi connectivity index (χ2n) is 5.91. The molecule has 4 N–H and O–H groups in total. The van der Waals surface area contributed by atoms with Crippen LogP contribution < -0.4 is 0 Å². The van der Waals surface area contributed by atoms with E-state index >= 15 is 0 Å². The molecule has 0 fully saturated rings. The lowest BCUT2D eigenvalue weighted by atomic mass is 9.88. The summed E-state index contributed by atoms with van der Waals surface area (Å²) in [6.45, 7) is 0. The highest BCUT2D eigenvalue weighted by Gasteiger charge is 2.47. The number of hydrogen-bond acceptors (Lipinski definition) is 4. The molecule has 0 atom stereocenters. The van der Waals surface area contributed by atoms with Crippen LogP contribution in [0.1, 0.15) is 27.1 Å². The highest BCUT2D eigenvalue weighted by atomic mass is 31.2. The van der Waals surface area contributed by atoms with E-state index in [0.717, 1.165) is 0 Å². The highest BCUT2D eigenvalue weighted by molar-refractivity contribution is 7.70. The Morgan fingerprint density at radius 1 is 0.704 bits per heavy atom. The Kier molecular flexibility index (Phi) is 6.65. The summed E-state index contributed by atoms with van der Waals surface area (Å²) in [6, 6.07) is 15.1. The van der Waals surface area contributed by atoms with E-state index in [-0.39, 0.29) is 11.1 Å². The fourth-order valence-corrected chi connectivity index (χ4v) is 5.16. The van der Waals surface area contributed by atoms with Gasteiger partial charge in [0, 0.05) is 11.1 Å². The molecule has 0 radical (unpaired) electrons. The number of carbonyl (C=O) groups excluding carboxylic acids is 2. The van der Waals surface area contributed by atoms with Crippen LogP contribution in [0.5, 0.6) is 0 Å². The summed E-state index contributed by atoms with van der Waals surface area (Å²) in [5, 5.41) is -2.45. The number of carbonyl (C=O) groups is 2. The van der Waals surface area contributed by atoms with Crippen molar-refractivity contribution < 1.29 is 38.3 Å². The van der Waals surface area contributed by atoms with Gasteiger partial charge in [-0.05, 0) is 6.42 Å². The maximum atomic E-state index is 12.8. The molecule has 2 rings (SSSR count). The first-order valence-electron chi connectivity index (χ1n) is 7.81. The normalized spacial score (nSPS) is 12.4. The van der Waals surface area contributed by atoms with Gasteiger partial charge in [0.05, 0.1) is 5.92 Å². The summed E-state index contributed by atoms with van der Waals surface area (Å²) in [5.41, 5.74) is 0.198. The first-order chi connectivity index (χ1) is 12.5. The van der Waals surface area contributed by atoms with E-state index in [9.17, 15) is 38.3 Å². The predicted molar refractivity (Wildman–Crippen MR) is 97.5 cm³/mol. The molecule has 0 amide bonds. The lowest BCUT2D eigenvalue weighted by Crippen LogP contribution is -2.29. The van der Waals surface area contributed by atoms with Crippen LogP contribution in [0, 0.1) is 5.92 Å². The van der Waals surface area contributed by atoms with Gasteiger partial charge >= 0.3 is 15.2 Å². The summed E-state index contributed by atoms with van der Waals surface area (Å²) in [6.07, 6.45) is -0.976. The fraction of sp³-hybridized carbons (Fsp3) is 0.176. The lowest BCUT2D eigenvalue weighted by Gasteiger charge is -2.23. The number of Topliss-reactive ketones (excluding diaryl/α,β-unsaturated/α-hetero) is 2. The molecule has 0 saturated carbocycles. The Morgan fingerprint density at radius 2 is 1.04 bits per heavy atom. The van der Waals surface area contributed by atoms with E-state index in [1.54, 1.807) is 36.4 Å². The average Bonchev–Trinajstić information content (AvgIpc) is 2.60. The topological polar surface area (TPSA) is 149 Å². The number of benzene rings is 2. The molecule has 0 spiro atoms. The van der Waals surface area contributed by atoms with E-state index in [0.29, 0.717) is 0 Å². The molecule has 2 aromatic carbocycles. The molecule has 0 aliphatic carbocycles.